The molecule has 3 rings (SSSR count). The normalized spacial score (nSPS) is 17.0. The van der Waals surface area contributed by atoms with E-state index >= 15 is 0 Å². The summed E-state index contributed by atoms with van der Waals surface area (Å²) in [5.74, 6) is -0.640. The first-order valence-corrected chi connectivity index (χ1v) is 8.09. The van der Waals surface area contributed by atoms with E-state index in [0.29, 0.717) is 23.4 Å². The smallest absolute Gasteiger partial charge is 0.325 e. The van der Waals surface area contributed by atoms with E-state index < -0.39 is 5.97 Å². The average molecular weight is 334 g/mol. The standard InChI is InChI=1S/C15H14N2O5S/c18-12(9-16-6-8-23-15(16)21)22-7-5-17-13(19)10-3-1-2-4-11(10)14(17)20/h1-4H,5-9H2. The zero-order valence-corrected chi connectivity index (χ0v) is 13.0. The van der Waals surface area contributed by atoms with Gasteiger partial charge < -0.3 is 9.64 Å². The van der Waals surface area contributed by atoms with Gasteiger partial charge in [0.2, 0.25) is 0 Å². The molecule has 3 amide bonds. The molecule has 2 heterocycles. The summed E-state index contributed by atoms with van der Waals surface area (Å²) in [7, 11) is 0. The Hall–Kier alpha value is -2.35. The van der Waals surface area contributed by atoms with Crippen molar-refractivity contribution < 1.29 is 23.9 Å². The number of fused-ring (bicyclic) bond motifs is 1. The minimum atomic E-state index is -0.544. The van der Waals surface area contributed by atoms with Crippen molar-refractivity contribution in [3.05, 3.63) is 35.4 Å². The van der Waals surface area contributed by atoms with Crippen LogP contribution >= 0.6 is 11.8 Å². The quantitative estimate of drug-likeness (QED) is 0.590. The van der Waals surface area contributed by atoms with Gasteiger partial charge in [-0.2, -0.15) is 0 Å². The lowest BCUT2D eigenvalue weighted by Crippen LogP contribution is -2.35. The van der Waals surface area contributed by atoms with Crippen LogP contribution in [-0.4, -0.2) is 64.8 Å². The van der Waals surface area contributed by atoms with Gasteiger partial charge in [0.1, 0.15) is 13.2 Å². The molecule has 0 bridgehead atoms. The number of thioether (sulfide) groups is 1. The summed E-state index contributed by atoms with van der Waals surface area (Å²) in [5.41, 5.74) is 0.729. The number of hydrogen-bond acceptors (Lipinski definition) is 6. The van der Waals surface area contributed by atoms with Gasteiger partial charge in [0, 0.05) is 12.3 Å². The highest BCUT2D eigenvalue weighted by molar-refractivity contribution is 8.13. The van der Waals surface area contributed by atoms with Crippen LogP contribution < -0.4 is 0 Å². The highest BCUT2D eigenvalue weighted by atomic mass is 32.2. The molecule has 1 aromatic carbocycles. The number of benzene rings is 1. The summed E-state index contributed by atoms with van der Waals surface area (Å²) < 4.78 is 5.02. The number of esters is 1. The molecule has 0 aliphatic carbocycles. The number of imide groups is 1. The Morgan fingerprint density at radius 2 is 1.78 bits per heavy atom. The third-order valence-corrected chi connectivity index (χ3v) is 4.51. The Kier molecular flexibility index (Phi) is 4.33. The number of carbonyl (C=O) groups is 4. The maximum absolute atomic E-state index is 12.1. The number of rotatable bonds is 5. The molecule has 8 heteroatoms. The van der Waals surface area contributed by atoms with Gasteiger partial charge in [-0.25, -0.2) is 0 Å². The lowest BCUT2D eigenvalue weighted by Gasteiger charge is -2.16. The lowest BCUT2D eigenvalue weighted by atomic mass is 10.1. The van der Waals surface area contributed by atoms with Gasteiger partial charge >= 0.3 is 5.97 Å². The van der Waals surface area contributed by atoms with Crippen LogP contribution in [0.3, 0.4) is 0 Å². The summed E-state index contributed by atoms with van der Waals surface area (Å²) in [5, 5.41) is -0.137. The van der Waals surface area contributed by atoms with E-state index in [0.717, 1.165) is 4.90 Å². The first-order valence-electron chi connectivity index (χ1n) is 7.10. The maximum atomic E-state index is 12.1. The fraction of sp³-hybridized carbons (Fsp3) is 0.333. The molecule has 7 nitrogen and oxygen atoms in total. The molecule has 0 unspecified atom stereocenters. The summed E-state index contributed by atoms with van der Waals surface area (Å²) in [6.45, 7) is 0.339. The van der Waals surface area contributed by atoms with Crippen LogP contribution in [-0.2, 0) is 9.53 Å². The highest BCUT2D eigenvalue weighted by Gasteiger charge is 2.35. The van der Waals surface area contributed by atoms with E-state index in [1.807, 2.05) is 0 Å². The molecular formula is C15H14N2O5S. The predicted octanol–water partition coefficient (Wildman–Crippen LogP) is 0.995. The molecule has 0 saturated carbocycles. The van der Waals surface area contributed by atoms with Gasteiger partial charge in [0.25, 0.3) is 17.1 Å². The monoisotopic (exact) mass is 334 g/mol. The van der Waals surface area contributed by atoms with E-state index in [2.05, 4.69) is 0 Å². The van der Waals surface area contributed by atoms with Crippen LogP contribution in [0.5, 0.6) is 0 Å². The van der Waals surface area contributed by atoms with Crippen LogP contribution in [0, 0.1) is 0 Å². The molecule has 23 heavy (non-hydrogen) atoms. The Morgan fingerprint density at radius 1 is 1.13 bits per heavy atom. The Morgan fingerprint density at radius 3 is 2.35 bits per heavy atom. The van der Waals surface area contributed by atoms with E-state index in [1.165, 1.54) is 16.7 Å². The van der Waals surface area contributed by atoms with E-state index in [4.69, 9.17) is 4.74 Å². The number of carbonyl (C=O) groups excluding carboxylic acids is 4. The average Bonchev–Trinajstić information content (AvgIpc) is 3.04. The molecule has 0 aromatic heterocycles. The first-order chi connectivity index (χ1) is 11.1. The van der Waals surface area contributed by atoms with Gasteiger partial charge in [-0.05, 0) is 12.1 Å². The number of ether oxygens (including phenoxy) is 1. The van der Waals surface area contributed by atoms with Crippen molar-refractivity contribution >= 4 is 34.8 Å². The predicted molar refractivity (Wildman–Crippen MR) is 82.2 cm³/mol. The topological polar surface area (TPSA) is 84.0 Å². The molecule has 2 aliphatic rings. The molecule has 1 fully saturated rings. The van der Waals surface area contributed by atoms with Crippen LogP contribution in [0.1, 0.15) is 20.7 Å². The van der Waals surface area contributed by atoms with Crippen molar-refractivity contribution in [1.29, 1.82) is 0 Å². The molecule has 120 valence electrons. The van der Waals surface area contributed by atoms with Crippen molar-refractivity contribution in [3.63, 3.8) is 0 Å². The molecule has 1 aromatic rings. The summed E-state index contributed by atoms with van der Waals surface area (Å²) >= 11 is 1.17. The third-order valence-electron chi connectivity index (χ3n) is 3.62. The minimum Gasteiger partial charge on any atom is -0.462 e. The molecule has 0 radical (unpaired) electrons. The van der Waals surface area contributed by atoms with Crippen LogP contribution in [0.25, 0.3) is 0 Å². The van der Waals surface area contributed by atoms with E-state index in [-0.39, 0.29) is 36.7 Å². The van der Waals surface area contributed by atoms with Gasteiger partial charge in [0.05, 0.1) is 17.7 Å². The summed E-state index contributed by atoms with van der Waals surface area (Å²) in [6, 6.07) is 6.58. The Balaban J connectivity index is 1.50. The number of hydrogen-bond donors (Lipinski definition) is 0. The molecule has 1 saturated heterocycles. The van der Waals surface area contributed by atoms with Crippen LogP contribution in [0.2, 0.25) is 0 Å². The maximum Gasteiger partial charge on any atom is 0.325 e. The second kappa shape index (κ2) is 6.41. The first kappa shape index (κ1) is 15.5. The fourth-order valence-corrected chi connectivity index (χ4v) is 3.29. The van der Waals surface area contributed by atoms with Crippen molar-refractivity contribution in [3.8, 4) is 0 Å². The van der Waals surface area contributed by atoms with Crippen LogP contribution in [0.15, 0.2) is 24.3 Å². The zero-order valence-electron chi connectivity index (χ0n) is 12.2. The van der Waals surface area contributed by atoms with Gasteiger partial charge in [-0.15, -0.1) is 0 Å². The Labute approximate surface area is 136 Å². The highest BCUT2D eigenvalue weighted by Crippen LogP contribution is 2.22. The van der Waals surface area contributed by atoms with Gasteiger partial charge in [0.15, 0.2) is 0 Å². The van der Waals surface area contributed by atoms with Crippen molar-refractivity contribution in [2.45, 2.75) is 0 Å². The van der Waals surface area contributed by atoms with Crippen molar-refractivity contribution in [2.75, 3.05) is 32.0 Å². The number of amides is 3. The largest absolute Gasteiger partial charge is 0.462 e. The molecule has 0 spiro atoms. The molecule has 0 N–H and O–H groups in total. The zero-order chi connectivity index (χ0) is 16.4. The van der Waals surface area contributed by atoms with Crippen molar-refractivity contribution in [1.82, 2.24) is 9.80 Å². The van der Waals surface area contributed by atoms with Crippen LogP contribution in [0.4, 0.5) is 4.79 Å². The summed E-state index contributed by atoms with van der Waals surface area (Å²) in [4.78, 5) is 49.8. The molecular weight excluding hydrogens is 320 g/mol. The second-order valence-electron chi connectivity index (χ2n) is 5.06. The minimum absolute atomic E-state index is 0.000777. The molecule has 0 atom stereocenters. The SMILES string of the molecule is O=C(CN1CCSC1=O)OCCN1C(=O)c2ccccc2C1=O. The summed E-state index contributed by atoms with van der Waals surface area (Å²) in [6.07, 6.45) is 0. The second-order valence-corrected chi connectivity index (χ2v) is 6.11. The molecule has 2 aliphatic heterocycles. The third kappa shape index (κ3) is 3.07. The van der Waals surface area contributed by atoms with Gasteiger partial charge in [-0.3, -0.25) is 24.1 Å². The van der Waals surface area contributed by atoms with Gasteiger partial charge in [-0.1, -0.05) is 23.9 Å². The Bertz CT molecular complexity index is 655. The van der Waals surface area contributed by atoms with E-state index in [9.17, 15) is 19.2 Å². The lowest BCUT2D eigenvalue weighted by molar-refractivity contribution is -0.144. The number of nitrogens with zero attached hydrogens (tertiary/aromatic N) is 2. The van der Waals surface area contributed by atoms with Crippen molar-refractivity contribution in [2.24, 2.45) is 0 Å². The fourth-order valence-electron chi connectivity index (χ4n) is 2.46. The van der Waals surface area contributed by atoms with E-state index in [1.54, 1.807) is 24.3 Å².